The highest BCUT2D eigenvalue weighted by atomic mass is 32.1. The third-order valence-corrected chi connectivity index (χ3v) is 2.02. The average Bonchev–Trinajstić information content (AvgIpc) is 2.36. The molecule has 1 aromatic rings. The summed E-state index contributed by atoms with van der Waals surface area (Å²) in [6, 6.07) is 0. The molecular formula is C5H6N2O2S. The highest BCUT2D eigenvalue weighted by molar-refractivity contribution is 7.05. The number of nitrogens with zero attached hydrogens (tertiary/aromatic N) is 2. The zero-order valence-electron chi connectivity index (χ0n) is 5.31. The van der Waals surface area contributed by atoms with E-state index in [-0.39, 0.29) is 0 Å². The van der Waals surface area contributed by atoms with Crippen molar-refractivity contribution in [2.45, 2.75) is 12.8 Å². The smallest absolute Gasteiger partial charge is 0.311 e. The second-order valence-electron chi connectivity index (χ2n) is 1.88. The summed E-state index contributed by atoms with van der Waals surface area (Å²) in [4.78, 5) is 11.0. The molecule has 0 spiro atoms. The molecule has 1 N–H and O–H groups in total. The summed E-state index contributed by atoms with van der Waals surface area (Å²) in [7, 11) is 0. The molecule has 0 fully saturated rings. The fourth-order valence-corrected chi connectivity index (χ4v) is 1.03. The van der Waals surface area contributed by atoms with Crippen LogP contribution in [0.4, 0.5) is 0 Å². The van der Waals surface area contributed by atoms with Gasteiger partial charge in [0.15, 0.2) is 0 Å². The van der Waals surface area contributed by atoms with E-state index in [1.807, 2.05) is 0 Å². The number of hydrogen-bond donors (Lipinski definition) is 1. The maximum absolute atomic E-state index is 10.3. The van der Waals surface area contributed by atoms with Crippen molar-refractivity contribution in [2.75, 3.05) is 0 Å². The van der Waals surface area contributed by atoms with Crippen molar-refractivity contribution in [3.05, 3.63) is 11.1 Å². The Labute approximate surface area is 61.7 Å². The molecule has 1 aromatic heterocycles. The summed E-state index contributed by atoms with van der Waals surface area (Å²) in [6.07, 6.45) is 1.48. The maximum Gasteiger partial charge on any atom is 0.311 e. The van der Waals surface area contributed by atoms with Gasteiger partial charge in [0.2, 0.25) is 0 Å². The van der Waals surface area contributed by atoms with Gasteiger partial charge < -0.3 is 5.11 Å². The molecule has 0 aromatic carbocycles. The second kappa shape index (κ2) is 2.74. The summed E-state index contributed by atoms with van der Waals surface area (Å²) in [5.41, 5.74) is 0. The fourth-order valence-electron chi connectivity index (χ4n) is 0.487. The molecule has 0 aliphatic carbocycles. The van der Waals surface area contributed by atoms with Crippen LogP contribution in [0.3, 0.4) is 0 Å². The molecule has 4 nitrogen and oxygen atoms in total. The maximum atomic E-state index is 10.3. The number of rotatable bonds is 2. The van der Waals surface area contributed by atoms with Gasteiger partial charge in [-0.25, -0.2) is 0 Å². The Morgan fingerprint density at radius 2 is 2.60 bits per heavy atom. The highest BCUT2D eigenvalue weighted by Crippen LogP contribution is 2.16. The summed E-state index contributed by atoms with van der Waals surface area (Å²) in [5.74, 6) is -1.33. The number of carboxylic acids is 1. The zero-order chi connectivity index (χ0) is 7.56. The summed E-state index contributed by atoms with van der Waals surface area (Å²) in [6.45, 7) is 1.61. The van der Waals surface area contributed by atoms with Crippen LogP contribution < -0.4 is 0 Å². The van der Waals surface area contributed by atoms with Crippen LogP contribution >= 0.6 is 11.5 Å². The topological polar surface area (TPSA) is 63.1 Å². The molecule has 5 heteroatoms. The van der Waals surface area contributed by atoms with E-state index in [0.717, 1.165) is 11.5 Å². The molecule has 10 heavy (non-hydrogen) atoms. The third-order valence-electron chi connectivity index (χ3n) is 1.18. The monoisotopic (exact) mass is 158 g/mol. The van der Waals surface area contributed by atoms with Gasteiger partial charge >= 0.3 is 5.97 Å². The third kappa shape index (κ3) is 1.30. The van der Waals surface area contributed by atoms with E-state index in [2.05, 4.69) is 9.59 Å². The minimum absolute atomic E-state index is 0.486. The van der Waals surface area contributed by atoms with E-state index in [1.165, 1.54) is 6.20 Å². The lowest BCUT2D eigenvalue weighted by Crippen LogP contribution is -2.05. The molecule has 0 amide bonds. The Morgan fingerprint density at radius 3 is 3.00 bits per heavy atom. The standard InChI is InChI=1S/C5H6N2O2S/c1-3(5(8)9)4-2-6-7-10-4/h2-3H,1H3,(H,8,9). The molecule has 0 aliphatic heterocycles. The van der Waals surface area contributed by atoms with Crippen LogP contribution in [-0.4, -0.2) is 20.7 Å². The molecule has 1 unspecified atom stereocenters. The number of carbonyl (C=O) groups is 1. The fraction of sp³-hybridized carbons (Fsp3) is 0.400. The van der Waals surface area contributed by atoms with Crippen molar-refractivity contribution in [1.82, 2.24) is 9.59 Å². The summed E-state index contributed by atoms with van der Waals surface area (Å²) < 4.78 is 3.55. The SMILES string of the molecule is CC(C(=O)O)c1cnns1. The van der Waals surface area contributed by atoms with Crippen LogP contribution in [0.1, 0.15) is 17.7 Å². The first-order chi connectivity index (χ1) is 4.72. The minimum Gasteiger partial charge on any atom is -0.481 e. The summed E-state index contributed by atoms with van der Waals surface area (Å²) in [5, 5.41) is 12.0. The number of hydrogen-bond acceptors (Lipinski definition) is 4. The van der Waals surface area contributed by atoms with Gasteiger partial charge in [-0.05, 0) is 18.5 Å². The number of aromatic nitrogens is 2. The predicted molar refractivity (Wildman–Crippen MR) is 36.0 cm³/mol. The van der Waals surface area contributed by atoms with Crippen LogP contribution in [0, 0.1) is 0 Å². The van der Waals surface area contributed by atoms with Gasteiger partial charge in [-0.1, -0.05) is 4.49 Å². The molecular weight excluding hydrogens is 152 g/mol. The van der Waals surface area contributed by atoms with E-state index in [4.69, 9.17) is 5.11 Å². The lowest BCUT2D eigenvalue weighted by molar-refractivity contribution is -0.138. The van der Waals surface area contributed by atoms with E-state index < -0.39 is 11.9 Å². The van der Waals surface area contributed by atoms with Gasteiger partial charge in [0.1, 0.15) is 0 Å². The van der Waals surface area contributed by atoms with Crippen molar-refractivity contribution in [3.8, 4) is 0 Å². The normalized spacial score (nSPS) is 12.9. The van der Waals surface area contributed by atoms with Crippen molar-refractivity contribution in [2.24, 2.45) is 0 Å². The van der Waals surface area contributed by atoms with Gasteiger partial charge in [-0.2, -0.15) is 0 Å². The molecule has 0 radical (unpaired) electrons. The van der Waals surface area contributed by atoms with Gasteiger partial charge in [-0.15, -0.1) is 5.10 Å². The number of carboxylic acid groups (broad SMARTS) is 1. The first kappa shape index (κ1) is 7.14. The molecule has 0 saturated heterocycles. The second-order valence-corrected chi connectivity index (χ2v) is 2.70. The Hall–Kier alpha value is -0.970. The average molecular weight is 158 g/mol. The Bertz CT molecular complexity index is 222. The molecule has 0 bridgehead atoms. The molecule has 0 saturated carbocycles. The van der Waals surface area contributed by atoms with Gasteiger partial charge in [0.05, 0.1) is 17.0 Å². The molecule has 1 rings (SSSR count). The predicted octanol–water partition coefficient (Wildman–Crippen LogP) is 0.726. The number of aliphatic carboxylic acids is 1. The lowest BCUT2D eigenvalue weighted by atomic mass is 10.2. The van der Waals surface area contributed by atoms with E-state index >= 15 is 0 Å². The van der Waals surface area contributed by atoms with Crippen molar-refractivity contribution < 1.29 is 9.90 Å². The highest BCUT2D eigenvalue weighted by Gasteiger charge is 2.15. The largest absolute Gasteiger partial charge is 0.481 e. The van der Waals surface area contributed by atoms with E-state index in [9.17, 15) is 4.79 Å². The first-order valence-electron chi connectivity index (χ1n) is 2.72. The zero-order valence-corrected chi connectivity index (χ0v) is 6.13. The van der Waals surface area contributed by atoms with Crippen molar-refractivity contribution >= 4 is 17.5 Å². The Balaban J connectivity index is 2.77. The van der Waals surface area contributed by atoms with Crippen molar-refractivity contribution in [1.29, 1.82) is 0 Å². The van der Waals surface area contributed by atoms with Crippen LogP contribution in [0.5, 0.6) is 0 Å². The minimum atomic E-state index is -0.842. The van der Waals surface area contributed by atoms with E-state index in [0.29, 0.717) is 4.88 Å². The lowest BCUT2D eigenvalue weighted by Gasteiger charge is -1.97. The van der Waals surface area contributed by atoms with Crippen LogP contribution in [-0.2, 0) is 4.79 Å². The Kier molecular flexibility index (Phi) is 1.96. The van der Waals surface area contributed by atoms with E-state index in [1.54, 1.807) is 6.92 Å². The van der Waals surface area contributed by atoms with Crippen molar-refractivity contribution in [3.63, 3.8) is 0 Å². The van der Waals surface area contributed by atoms with Crippen LogP contribution in [0.2, 0.25) is 0 Å². The quantitative estimate of drug-likeness (QED) is 0.689. The van der Waals surface area contributed by atoms with Crippen LogP contribution in [0.25, 0.3) is 0 Å². The van der Waals surface area contributed by atoms with Gasteiger partial charge in [0.25, 0.3) is 0 Å². The first-order valence-corrected chi connectivity index (χ1v) is 3.49. The summed E-state index contributed by atoms with van der Waals surface area (Å²) >= 11 is 1.12. The molecule has 54 valence electrons. The van der Waals surface area contributed by atoms with Gasteiger partial charge in [-0.3, -0.25) is 4.79 Å². The molecule has 1 heterocycles. The van der Waals surface area contributed by atoms with Gasteiger partial charge in [0, 0.05) is 0 Å². The molecule has 1 atom stereocenters. The van der Waals surface area contributed by atoms with Crippen LogP contribution in [0.15, 0.2) is 6.20 Å². The Morgan fingerprint density at radius 1 is 1.90 bits per heavy atom. The molecule has 0 aliphatic rings.